The van der Waals surface area contributed by atoms with Gasteiger partial charge >= 0.3 is 0 Å². The summed E-state index contributed by atoms with van der Waals surface area (Å²) in [7, 11) is 0. The van der Waals surface area contributed by atoms with E-state index in [4.69, 9.17) is 9.47 Å². The van der Waals surface area contributed by atoms with Crippen LogP contribution in [0.5, 0.6) is 11.5 Å². The first kappa shape index (κ1) is 22.2. The van der Waals surface area contributed by atoms with E-state index in [2.05, 4.69) is 10.3 Å². The molecule has 0 radical (unpaired) electrons. The molecule has 174 valence electrons. The van der Waals surface area contributed by atoms with Crippen molar-refractivity contribution in [3.05, 3.63) is 86.8 Å². The van der Waals surface area contributed by atoms with E-state index in [1.807, 2.05) is 31.2 Å². The van der Waals surface area contributed by atoms with Crippen molar-refractivity contribution in [1.82, 2.24) is 9.38 Å². The normalized spacial score (nSPS) is 12.9. The maximum Gasteiger partial charge on any atom is 0.262 e. The van der Waals surface area contributed by atoms with Crippen molar-refractivity contribution >= 4 is 27.9 Å². The maximum atomic E-state index is 12.7. The van der Waals surface area contributed by atoms with Crippen LogP contribution in [0.1, 0.15) is 34.7 Å². The van der Waals surface area contributed by atoms with Crippen molar-refractivity contribution in [2.75, 3.05) is 11.9 Å². The molecule has 34 heavy (non-hydrogen) atoms. The predicted molar refractivity (Wildman–Crippen MR) is 132 cm³/mol. The Morgan fingerprint density at radius 3 is 2.74 bits per heavy atom. The quantitative estimate of drug-likeness (QED) is 0.424. The number of rotatable bonds is 7. The molecule has 5 rings (SSSR count). The second-order valence-electron chi connectivity index (χ2n) is 8.35. The first-order chi connectivity index (χ1) is 16.5. The van der Waals surface area contributed by atoms with Gasteiger partial charge < -0.3 is 14.8 Å². The number of carbonyl (C=O) groups is 1. The summed E-state index contributed by atoms with van der Waals surface area (Å²) in [5, 5.41) is 2.81. The number of hydrogen-bond acceptors (Lipinski definition) is 6. The van der Waals surface area contributed by atoms with Crippen LogP contribution in [0.25, 0.3) is 4.96 Å². The molecule has 0 atom stereocenters. The fourth-order valence-corrected chi connectivity index (χ4v) is 5.25. The third-order valence-electron chi connectivity index (χ3n) is 5.71. The molecule has 0 spiro atoms. The fraction of sp³-hybridized carbons (Fsp3) is 0.269. The number of thiazole rings is 1. The predicted octanol–water partition coefficient (Wildman–Crippen LogP) is 4.54. The van der Waals surface area contributed by atoms with Gasteiger partial charge in [0.2, 0.25) is 0 Å². The van der Waals surface area contributed by atoms with Crippen LogP contribution in [-0.4, -0.2) is 21.9 Å². The van der Waals surface area contributed by atoms with Crippen LogP contribution in [0.2, 0.25) is 0 Å². The Morgan fingerprint density at radius 2 is 1.88 bits per heavy atom. The van der Waals surface area contributed by atoms with Crippen LogP contribution >= 0.6 is 11.3 Å². The molecule has 7 nitrogen and oxygen atoms in total. The highest BCUT2D eigenvalue weighted by Gasteiger charge is 2.18. The SMILES string of the molecule is Cc1ccc(OCC(=O)Nc2cccc(OCc3cc(=O)n4c5c(sc4n3)CCCC5)c2)cc1. The van der Waals surface area contributed by atoms with Crippen LogP contribution in [0.3, 0.4) is 0 Å². The lowest BCUT2D eigenvalue weighted by Gasteiger charge is -2.11. The zero-order chi connectivity index (χ0) is 23.5. The molecular formula is C26H25N3O4S. The van der Waals surface area contributed by atoms with Crippen LogP contribution < -0.4 is 20.3 Å². The second kappa shape index (κ2) is 9.69. The smallest absolute Gasteiger partial charge is 0.262 e. The molecule has 1 aliphatic carbocycles. The molecule has 0 saturated carbocycles. The lowest BCUT2D eigenvalue weighted by atomic mass is 10.0. The number of benzene rings is 2. The molecule has 4 aromatic rings. The monoisotopic (exact) mass is 475 g/mol. The first-order valence-electron chi connectivity index (χ1n) is 11.3. The van der Waals surface area contributed by atoms with Crippen LogP contribution in [0.15, 0.2) is 59.4 Å². The number of amides is 1. The highest BCUT2D eigenvalue weighted by atomic mass is 32.1. The number of aromatic nitrogens is 2. The summed E-state index contributed by atoms with van der Waals surface area (Å²) >= 11 is 1.60. The van der Waals surface area contributed by atoms with Gasteiger partial charge in [-0.3, -0.25) is 14.0 Å². The van der Waals surface area contributed by atoms with Crippen LogP contribution in [0.4, 0.5) is 5.69 Å². The molecule has 1 amide bonds. The van der Waals surface area contributed by atoms with Gasteiger partial charge in [0.15, 0.2) is 11.6 Å². The molecule has 8 heteroatoms. The zero-order valence-corrected chi connectivity index (χ0v) is 19.7. The number of fused-ring (bicyclic) bond motifs is 3. The fourth-order valence-electron chi connectivity index (χ4n) is 4.02. The average Bonchev–Trinajstić information content (AvgIpc) is 3.22. The molecule has 2 aromatic carbocycles. The Bertz CT molecular complexity index is 1390. The van der Waals surface area contributed by atoms with Gasteiger partial charge in [-0.1, -0.05) is 23.8 Å². The van der Waals surface area contributed by atoms with Gasteiger partial charge in [0, 0.05) is 28.4 Å². The number of nitrogens with one attached hydrogen (secondary N) is 1. The van der Waals surface area contributed by atoms with Crippen molar-refractivity contribution in [3.63, 3.8) is 0 Å². The van der Waals surface area contributed by atoms with Crippen molar-refractivity contribution in [1.29, 1.82) is 0 Å². The summed E-state index contributed by atoms with van der Waals surface area (Å²) in [5.74, 6) is 0.953. The highest BCUT2D eigenvalue weighted by molar-refractivity contribution is 7.17. The summed E-state index contributed by atoms with van der Waals surface area (Å²) in [6.07, 6.45) is 4.22. The van der Waals surface area contributed by atoms with E-state index in [0.29, 0.717) is 22.9 Å². The van der Waals surface area contributed by atoms with E-state index in [-0.39, 0.29) is 24.7 Å². The van der Waals surface area contributed by atoms with E-state index in [0.717, 1.165) is 41.9 Å². The van der Waals surface area contributed by atoms with E-state index in [1.165, 1.54) is 4.88 Å². The van der Waals surface area contributed by atoms with Gasteiger partial charge in [-0.25, -0.2) is 4.98 Å². The average molecular weight is 476 g/mol. The topological polar surface area (TPSA) is 81.9 Å². The standard InChI is InChI=1S/C26H25N3O4S/c1-17-9-11-20(12-10-17)33-16-24(30)27-18-5-4-6-21(13-18)32-15-19-14-25(31)29-22-7-2-3-8-23(22)34-26(29)28-19/h4-6,9-14H,2-3,7-8,15-16H2,1H3,(H,27,30). The zero-order valence-electron chi connectivity index (χ0n) is 18.9. The minimum absolute atomic E-state index is 0.0578. The van der Waals surface area contributed by atoms with Crippen molar-refractivity contribution in [2.24, 2.45) is 0 Å². The Morgan fingerprint density at radius 1 is 1.06 bits per heavy atom. The Labute approximate surface area is 201 Å². The summed E-state index contributed by atoms with van der Waals surface area (Å²) in [6.45, 7) is 2.07. The minimum atomic E-state index is -0.264. The minimum Gasteiger partial charge on any atom is -0.487 e. The number of carbonyl (C=O) groups excluding carboxylic acids is 1. The Balaban J connectivity index is 1.21. The maximum absolute atomic E-state index is 12.7. The van der Waals surface area contributed by atoms with Crippen LogP contribution in [0, 0.1) is 6.92 Å². The lowest BCUT2D eigenvalue weighted by molar-refractivity contribution is -0.118. The summed E-state index contributed by atoms with van der Waals surface area (Å²) in [6, 6.07) is 16.2. The van der Waals surface area contributed by atoms with Gasteiger partial charge in [-0.05, 0) is 56.9 Å². The van der Waals surface area contributed by atoms with Crippen molar-refractivity contribution in [2.45, 2.75) is 39.2 Å². The number of hydrogen-bond donors (Lipinski definition) is 1. The molecule has 1 aliphatic rings. The molecule has 0 unspecified atom stereocenters. The van der Waals surface area contributed by atoms with Crippen molar-refractivity contribution < 1.29 is 14.3 Å². The molecule has 0 aliphatic heterocycles. The summed E-state index contributed by atoms with van der Waals surface area (Å²) in [4.78, 5) is 31.6. The van der Waals surface area contributed by atoms with Gasteiger partial charge in [0.1, 0.15) is 18.1 Å². The molecule has 0 fully saturated rings. The molecule has 0 saturated heterocycles. The first-order valence-corrected chi connectivity index (χ1v) is 12.1. The Hall–Kier alpha value is -3.65. The van der Waals surface area contributed by atoms with Gasteiger partial charge in [-0.2, -0.15) is 0 Å². The number of nitrogens with zero attached hydrogens (tertiary/aromatic N) is 2. The van der Waals surface area contributed by atoms with E-state index >= 15 is 0 Å². The third-order valence-corrected chi connectivity index (χ3v) is 6.85. The van der Waals surface area contributed by atoms with Gasteiger partial charge in [0.25, 0.3) is 11.5 Å². The number of ether oxygens (including phenoxy) is 2. The molecule has 2 heterocycles. The molecule has 0 bridgehead atoms. The second-order valence-corrected chi connectivity index (χ2v) is 9.41. The highest BCUT2D eigenvalue weighted by Crippen LogP contribution is 2.28. The summed E-state index contributed by atoms with van der Waals surface area (Å²) in [5.41, 5.74) is 3.38. The number of aryl methyl sites for hydroxylation is 3. The largest absolute Gasteiger partial charge is 0.487 e. The number of anilines is 1. The van der Waals surface area contributed by atoms with E-state index < -0.39 is 0 Å². The molecule has 1 N–H and O–H groups in total. The summed E-state index contributed by atoms with van der Waals surface area (Å²) < 4.78 is 13.1. The molecule has 2 aromatic heterocycles. The van der Waals surface area contributed by atoms with Gasteiger partial charge in [-0.15, -0.1) is 11.3 Å². The van der Waals surface area contributed by atoms with Gasteiger partial charge in [0.05, 0.1) is 5.69 Å². The van der Waals surface area contributed by atoms with Crippen LogP contribution in [-0.2, 0) is 24.2 Å². The third kappa shape index (κ3) is 4.97. The van der Waals surface area contributed by atoms with E-state index in [9.17, 15) is 9.59 Å². The molecular weight excluding hydrogens is 450 g/mol. The van der Waals surface area contributed by atoms with Crippen molar-refractivity contribution in [3.8, 4) is 11.5 Å². The van der Waals surface area contributed by atoms with E-state index in [1.54, 1.807) is 46.1 Å². The lowest BCUT2D eigenvalue weighted by Crippen LogP contribution is -2.20. The Kier molecular flexibility index (Phi) is 6.31.